The summed E-state index contributed by atoms with van der Waals surface area (Å²) in [6.45, 7) is 5.01. The molecule has 0 spiro atoms. The van der Waals surface area contributed by atoms with E-state index in [1.807, 2.05) is 27.7 Å². The minimum absolute atomic E-state index is 0.264. The van der Waals surface area contributed by atoms with E-state index < -0.39 is 37.2 Å². The molecule has 1 aliphatic rings. The van der Waals surface area contributed by atoms with Gasteiger partial charge in [-0.15, -0.1) is 0 Å². The number of hydrogen-bond donors (Lipinski definition) is 0. The lowest BCUT2D eigenvalue weighted by Crippen LogP contribution is -2.41. The Hall–Kier alpha value is -1.80. The highest BCUT2D eigenvalue weighted by atomic mass is 19.4. The molecule has 1 fully saturated rings. The zero-order chi connectivity index (χ0) is 21.8. The Bertz CT molecular complexity index is 877. The Morgan fingerprint density at radius 1 is 1.12 bits per heavy atom. The quantitative estimate of drug-likeness (QED) is 0.758. The van der Waals surface area contributed by atoms with Crippen LogP contribution in [0.2, 0.25) is 0 Å². The molecule has 1 aromatic heterocycles. The molecule has 0 saturated carbocycles. The molecule has 26 heavy (non-hydrogen) atoms. The zero-order valence-corrected chi connectivity index (χ0v) is 15.0. The molecule has 1 aromatic carbocycles. The minimum atomic E-state index is -4.73. The smallest absolute Gasteiger partial charge is 0.403 e. The van der Waals surface area contributed by atoms with E-state index in [0.29, 0.717) is 17.1 Å². The first-order chi connectivity index (χ1) is 13.1. The van der Waals surface area contributed by atoms with Gasteiger partial charge in [-0.1, -0.05) is 24.3 Å². The van der Waals surface area contributed by atoms with Gasteiger partial charge in [-0.05, 0) is 33.3 Å². The lowest BCUT2D eigenvalue weighted by Gasteiger charge is -2.32. The van der Waals surface area contributed by atoms with Crippen LogP contribution in [0.5, 0.6) is 0 Å². The van der Waals surface area contributed by atoms with Crippen LogP contribution in [-0.4, -0.2) is 27.9 Å². The summed E-state index contributed by atoms with van der Waals surface area (Å²) in [4.78, 5) is 3.52. The number of nitrogens with zero attached hydrogens (tertiary/aromatic N) is 2. The molecule has 8 heteroatoms. The number of hydrogen-bond acceptors (Lipinski definition) is 3. The summed E-state index contributed by atoms with van der Waals surface area (Å²) in [5.74, 6) is -0.264. The van der Waals surface area contributed by atoms with Crippen LogP contribution in [-0.2, 0) is 28.8 Å². The number of aryl methyl sites for hydroxylation is 1. The van der Waals surface area contributed by atoms with Crippen LogP contribution in [0.1, 0.15) is 43.1 Å². The normalized spacial score (nSPS) is 21.3. The number of imidazole rings is 1. The van der Waals surface area contributed by atoms with Crippen molar-refractivity contribution in [3.05, 3.63) is 41.7 Å². The van der Waals surface area contributed by atoms with Crippen molar-refractivity contribution in [2.75, 3.05) is 0 Å². The number of rotatable bonds is 3. The molecule has 2 heterocycles. The molecule has 0 N–H and O–H groups in total. The Morgan fingerprint density at radius 2 is 1.69 bits per heavy atom. The molecule has 0 unspecified atom stereocenters. The van der Waals surface area contributed by atoms with Gasteiger partial charge in [0, 0.05) is 29.2 Å². The second-order valence-electron chi connectivity index (χ2n) is 7.40. The van der Waals surface area contributed by atoms with Gasteiger partial charge in [-0.3, -0.25) is 0 Å². The maximum absolute atomic E-state index is 13.0. The molecular formula is C18H22BF3N2O2. The van der Waals surface area contributed by atoms with Crippen molar-refractivity contribution >= 4 is 7.12 Å². The third-order valence-corrected chi connectivity index (χ3v) is 4.91. The molecule has 1 aliphatic heterocycles. The maximum atomic E-state index is 13.0. The van der Waals surface area contributed by atoms with E-state index in [-0.39, 0.29) is 11.4 Å². The van der Waals surface area contributed by atoms with Gasteiger partial charge < -0.3 is 13.9 Å². The Labute approximate surface area is 155 Å². The fourth-order valence-electron chi connectivity index (χ4n) is 2.75. The average molecular weight is 369 g/mol. The van der Waals surface area contributed by atoms with Crippen molar-refractivity contribution in [3.63, 3.8) is 0 Å². The molecule has 0 bridgehead atoms. The number of aromatic nitrogens is 2. The van der Waals surface area contributed by atoms with Gasteiger partial charge in [-0.2, -0.15) is 13.2 Å². The van der Waals surface area contributed by atoms with E-state index in [4.69, 9.17) is 13.4 Å². The van der Waals surface area contributed by atoms with Gasteiger partial charge in [0.2, 0.25) is 0 Å². The summed E-state index contributed by atoms with van der Waals surface area (Å²) in [7, 11) is -0.452. The van der Waals surface area contributed by atoms with E-state index in [2.05, 4.69) is 4.98 Å². The van der Waals surface area contributed by atoms with Crippen molar-refractivity contribution in [2.24, 2.45) is 6.98 Å². The Kier molecular flexibility index (Phi) is 3.60. The second-order valence-corrected chi connectivity index (χ2v) is 7.40. The molecule has 0 amide bonds. The molecule has 1 saturated heterocycles. The predicted octanol–water partition coefficient (Wildman–Crippen LogP) is 4.28. The molecule has 0 radical (unpaired) electrons. The first-order valence-corrected chi connectivity index (χ1v) is 8.22. The minimum Gasteiger partial charge on any atom is -0.403 e. The summed E-state index contributed by atoms with van der Waals surface area (Å²) in [5.41, 5.74) is -1.05. The van der Waals surface area contributed by atoms with Gasteiger partial charge in [0.05, 0.1) is 11.2 Å². The van der Waals surface area contributed by atoms with Crippen LogP contribution in [0.25, 0.3) is 11.4 Å². The first kappa shape index (κ1) is 15.3. The summed E-state index contributed by atoms with van der Waals surface area (Å²) in [6.07, 6.45) is -3.77. The van der Waals surface area contributed by atoms with Gasteiger partial charge in [-0.25, -0.2) is 4.98 Å². The molecule has 0 aliphatic carbocycles. The van der Waals surface area contributed by atoms with Crippen LogP contribution >= 0.6 is 0 Å². The van der Waals surface area contributed by atoms with Crippen LogP contribution in [0, 0.1) is 0 Å². The van der Waals surface area contributed by atoms with E-state index in [1.54, 1.807) is 24.3 Å². The van der Waals surface area contributed by atoms with Crippen molar-refractivity contribution in [1.82, 2.24) is 9.55 Å². The topological polar surface area (TPSA) is 36.3 Å². The molecule has 3 rings (SSSR count). The summed E-state index contributed by atoms with van der Waals surface area (Å²) < 4.78 is 74.0. The third-order valence-electron chi connectivity index (χ3n) is 4.91. The largest absolute Gasteiger partial charge is 0.462 e. The fourth-order valence-corrected chi connectivity index (χ4v) is 2.75. The fraction of sp³-hybridized carbons (Fsp3) is 0.500. The van der Waals surface area contributed by atoms with Gasteiger partial charge in [0.1, 0.15) is 5.82 Å². The van der Waals surface area contributed by atoms with E-state index in [9.17, 15) is 13.2 Å². The molecule has 140 valence electrons. The standard InChI is InChI=1S/C18H22BF3N2O2/c1-16(2)17(3,4)26-19(25-16)10-12-6-8-13(9-7-12)15-23-14(11-24(15)5)18(20,21)22/h6-9,11H,10H2,1-5H3/i5D3. The van der Waals surface area contributed by atoms with E-state index >= 15 is 0 Å². The van der Waals surface area contributed by atoms with Crippen molar-refractivity contribution < 1.29 is 26.6 Å². The molecule has 0 atom stereocenters. The lowest BCUT2D eigenvalue weighted by molar-refractivity contribution is -0.140. The zero-order valence-electron chi connectivity index (χ0n) is 18.0. The number of benzene rings is 1. The Balaban J connectivity index is 1.85. The predicted molar refractivity (Wildman–Crippen MR) is 93.4 cm³/mol. The first-order valence-electron chi connectivity index (χ1n) is 9.72. The van der Waals surface area contributed by atoms with Crippen LogP contribution in [0.4, 0.5) is 13.2 Å². The summed E-state index contributed by atoms with van der Waals surface area (Å²) in [6, 6.07) is 6.49. The van der Waals surface area contributed by atoms with Crippen molar-refractivity contribution in [3.8, 4) is 11.4 Å². The summed E-state index contributed by atoms with van der Waals surface area (Å²) >= 11 is 0. The van der Waals surface area contributed by atoms with Crippen molar-refractivity contribution in [1.29, 1.82) is 0 Å². The lowest BCUT2D eigenvalue weighted by atomic mass is 9.80. The Morgan fingerprint density at radius 3 is 2.19 bits per heavy atom. The number of alkyl halides is 3. The maximum Gasteiger partial charge on any atom is 0.462 e. The highest BCUT2D eigenvalue weighted by Crippen LogP contribution is 2.37. The van der Waals surface area contributed by atoms with Gasteiger partial charge in [0.15, 0.2) is 5.69 Å². The molecule has 2 aromatic rings. The highest BCUT2D eigenvalue weighted by molar-refractivity contribution is 6.45. The van der Waals surface area contributed by atoms with Crippen LogP contribution < -0.4 is 0 Å². The van der Waals surface area contributed by atoms with Crippen LogP contribution in [0.3, 0.4) is 0 Å². The molecule has 4 nitrogen and oxygen atoms in total. The monoisotopic (exact) mass is 369 g/mol. The SMILES string of the molecule is [2H]C([2H])([2H])n1cc(C(F)(F)F)nc1-c1ccc(CB2OC(C)(C)C(C)(C)O2)cc1. The second kappa shape index (κ2) is 6.13. The summed E-state index contributed by atoms with van der Waals surface area (Å²) in [5, 5.41) is 0. The van der Waals surface area contributed by atoms with E-state index in [0.717, 1.165) is 5.56 Å². The average Bonchev–Trinajstić information content (AvgIpc) is 3.07. The van der Waals surface area contributed by atoms with Crippen LogP contribution in [0.15, 0.2) is 30.5 Å². The third kappa shape index (κ3) is 3.53. The molecular weight excluding hydrogens is 344 g/mol. The van der Waals surface area contributed by atoms with Gasteiger partial charge >= 0.3 is 13.3 Å². The van der Waals surface area contributed by atoms with E-state index in [1.165, 1.54) is 0 Å². The van der Waals surface area contributed by atoms with Gasteiger partial charge in [0.25, 0.3) is 0 Å². The van der Waals surface area contributed by atoms with Crippen molar-refractivity contribution in [2.45, 2.75) is 51.4 Å². The highest BCUT2D eigenvalue weighted by Gasteiger charge is 2.50. The number of halogens is 3.